The average Bonchev–Trinajstić information content (AvgIpc) is 2.53. The lowest BCUT2D eigenvalue weighted by molar-refractivity contribution is -0.137. The molecule has 1 aromatic carbocycles. The fourth-order valence-corrected chi connectivity index (χ4v) is 2.91. The molecule has 23 heavy (non-hydrogen) atoms. The minimum absolute atomic E-state index is 0.289. The number of benzene rings is 1. The summed E-state index contributed by atoms with van der Waals surface area (Å²) in [6.07, 6.45) is 0.407. The van der Waals surface area contributed by atoms with Gasteiger partial charge in [-0.1, -0.05) is 6.07 Å². The van der Waals surface area contributed by atoms with Gasteiger partial charge in [-0.3, -0.25) is 4.98 Å². The zero-order chi connectivity index (χ0) is 16.6. The van der Waals surface area contributed by atoms with Crippen LogP contribution in [0.15, 0.2) is 46.5 Å². The van der Waals surface area contributed by atoms with Crippen LogP contribution in [0.5, 0.6) is 0 Å². The summed E-state index contributed by atoms with van der Waals surface area (Å²) in [5.74, 6) is 0.316. The maximum absolute atomic E-state index is 12.9. The van der Waals surface area contributed by atoms with Crippen molar-refractivity contribution < 1.29 is 17.9 Å². The smallest absolute Gasteiger partial charge is 0.416 e. The second kappa shape index (κ2) is 5.88. The number of halogens is 3. The van der Waals surface area contributed by atoms with Crippen LogP contribution in [-0.2, 0) is 10.9 Å². The molecule has 1 aliphatic heterocycles. The number of pyridine rings is 1. The van der Waals surface area contributed by atoms with E-state index in [1.807, 2.05) is 6.26 Å². The third-order valence-corrected chi connectivity index (χ3v) is 4.31. The lowest BCUT2D eigenvalue weighted by Crippen LogP contribution is -2.16. The van der Waals surface area contributed by atoms with Crippen LogP contribution in [0.1, 0.15) is 29.7 Å². The summed E-state index contributed by atoms with van der Waals surface area (Å²) in [5.41, 5.74) is 0.939. The fourth-order valence-electron chi connectivity index (χ4n) is 2.37. The predicted octanol–water partition coefficient (Wildman–Crippen LogP) is 4.99. The summed E-state index contributed by atoms with van der Waals surface area (Å²) in [4.78, 5) is 9.20. The second-order valence-electron chi connectivity index (χ2n) is 5.02. The highest BCUT2D eigenvalue weighted by Crippen LogP contribution is 2.39. The highest BCUT2D eigenvalue weighted by molar-refractivity contribution is 7.98. The minimum atomic E-state index is -4.40. The fraction of sp³-hybridized carbons (Fsp3) is 0.250. The molecular formula is C16H13F3N2OS. The molecule has 120 valence electrons. The standard InChI is InChI=1S/C16H13F3N2OS/c1-9-11-4-3-10(16(17,18)19)7-13(11)21-15(22-9)12-5-6-20-8-14(12)23-2/h3-9H,1-2H3/t9-/m0/s1. The van der Waals surface area contributed by atoms with Crippen LogP contribution in [0, 0.1) is 0 Å². The van der Waals surface area contributed by atoms with Crippen molar-refractivity contribution in [2.45, 2.75) is 24.1 Å². The normalized spacial score (nSPS) is 17.3. The third-order valence-electron chi connectivity index (χ3n) is 3.54. The van der Waals surface area contributed by atoms with E-state index in [4.69, 9.17) is 4.74 Å². The number of rotatable bonds is 2. The van der Waals surface area contributed by atoms with Crippen LogP contribution in [-0.4, -0.2) is 17.1 Å². The Kier molecular flexibility index (Phi) is 4.06. The molecule has 2 heterocycles. The van der Waals surface area contributed by atoms with Gasteiger partial charge in [0.1, 0.15) is 6.10 Å². The van der Waals surface area contributed by atoms with Crippen LogP contribution in [0.3, 0.4) is 0 Å². The molecule has 0 fully saturated rings. The Labute approximate surface area is 135 Å². The zero-order valence-corrected chi connectivity index (χ0v) is 13.2. The van der Waals surface area contributed by atoms with Gasteiger partial charge in [-0.2, -0.15) is 13.2 Å². The summed E-state index contributed by atoms with van der Waals surface area (Å²) in [6, 6.07) is 5.29. The van der Waals surface area contributed by atoms with Crippen molar-refractivity contribution in [1.82, 2.24) is 4.98 Å². The number of hydrogen-bond donors (Lipinski definition) is 0. The molecule has 0 aliphatic carbocycles. The summed E-state index contributed by atoms with van der Waals surface area (Å²) in [7, 11) is 0. The van der Waals surface area contributed by atoms with Crippen molar-refractivity contribution in [2.75, 3.05) is 6.26 Å². The molecule has 0 spiro atoms. The van der Waals surface area contributed by atoms with Crippen LogP contribution >= 0.6 is 11.8 Å². The van der Waals surface area contributed by atoms with Gasteiger partial charge in [-0.05, 0) is 31.4 Å². The van der Waals surface area contributed by atoms with E-state index in [1.54, 1.807) is 25.4 Å². The van der Waals surface area contributed by atoms with Gasteiger partial charge in [-0.25, -0.2) is 4.99 Å². The quantitative estimate of drug-likeness (QED) is 0.723. The molecule has 0 N–H and O–H groups in total. The number of thioether (sulfide) groups is 1. The van der Waals surface area contributed by atoms with Crippen molar-refractivity contribution >= 4 is 23.3 Å². The maximum atomic E-state index is 12.9. The number of aliphatic imine (C=N–C) groups is 1. The molecule has 0 saturated heterocycles. The van der Waals surface area contributed by atoms with E-state index in [0.29, 0.717) is 11.5 Å². The third kappa shape index (κ3) is 3.06. The van der Waals surface area contributed by atoms with Gasteiger partial charge in [0.25, 0.3) is 0 Å². The summed E-state index contributed by atoms with van der Waals surface area (Å²) >= 11 is 1.48. The van der Waals surface area contributed by atoms with Gasteiger partial charge in [0.05, 0.1) is 16.8 Å². The number of hydrogen-bond acceptors (Lipinski definition) is 4. The molecule has 3 nitrogen and oxygen atoms in total. The summed E-state index contributed by atoms with van der Waals surface area (Å²) in [5, 5.41) is 0. The first-order valence-electron chi connectivity index (χ1n) is 6.85. The Morgan fingerprint density at radius 1 is 1.22 bits per heavy atom. The monoisotopic (exact) mass is 338 g/mol. The molecule has 0 bridgehead atoms. The molecule has 1 aliphatic rings. The van der Waals surface area contributed by atoms with Gasteiger partial charge in [-0.15, -0.1) is 11.8 Å². The lowest BCUT2D eigenvalue weighted by Gasteiger charge is -2.24. The Morgan fingerprint density at radius 2 is 2.00 bits per heavy atom. The molecular weight excluding hydrogens is 325 g/mol. The van der Waals surface area contributed by atoms with Gasteiger partial charge < -0.3 is 4.74 Å². The first kappa shape index (κ1) is 15.9. The van der Waals surface area contributed by atoms with Crippen molar-refractivity contribution in [2.24, 2.45) is 4.99 Å². The molecule has 7 heteroatoms. The summed E-state index contributed by atoms with van der Waals surface area (Å²) < 4.78 is 44.5. The maximum Gasteiger partial charge on any atom is 0.416 e. The van der Waals surface area contributed by atoms with E-state index in [2.05, 4.69) is 9.98 Å². The van der Waals surface area contributed by atoms with E-state index in [1.165, 1.54) is 17.8 Å². The predicted molar refractivity (Wildman–Crippen MR) is 83.2 cm³/mol. The minimum Gasteiger partial charge on any atom is -0.469 e. The Hall–Kier alpha value is -2.02. The number of nitrogens with zero attached hydrogens (tertiary/aromatic N) is 2. The topological polar surface area (TPSA) is 34.5 Å². The van der Waals surface area contributed by atoms with Gasteiger partial charge in [0.15, 0.2) is 0 Å². The van der Waals surface area contributed by atoms with Gasteiger partial charge in [0, 0.05) is 22.9 Å². The highest BCUT2D eigenvalue weighted by atomic mass is 32.2. The molecule has 0 amide bonds. The van der Waals surface area contributed by atoms with Crippen molar-refractivity contribution in [3.63, 3.8) is 0 Å². The summed E-state index contributed by atoms with van der Waals surface area (Å²) in [6.45, 7) is 1.79. The van der Waals surface area contributed by atoms with Gasteiger partial charge >= 0.3 is 6.18 Å². The molecule has 0 unspecified atom stereocenters. The first-order chi connectivity index (χ1) is 10.9. The average molecular weight is 338 g/mol. The van der Waals surface area contributed by atoms with Crippen LogP contribution in [0.4, 0.5) is 18.9 Å². The van der Waals surface area contributed by atoms with Crippen molar-refractivity contribution in [3.05, 3.63) is 53.3 Å². The lowest BCUT2D eigenvalue weighted by atomic mass is 10.0. The van der Waals surface area contributed by atoms with E-state index >= 15 is 0 Å². The second-order valence-corrected chi connectivity index (χ2v) is 5.87. The number of alkyl halides is 3. The van der Waals surface area contributed by atoms with Crippen LogP contribution < -0.4 is 0 Å². The molecule has 2 aromatic rings. The Morgan fingerprint density at radius 3 is 2.70 bits per heavy atom. The zero-order valence-electron chi connectivity index (χ0n) is 12.4. The number of ether oxygens (including phenoxy) is 1. The van der Waals surface area contributed by atoms with E-state index < -0.39 is 11.7 Å². The number of fused-ring (bicyclic) bond motifs is 1. The van der Waals surface area contributed by atoms with Crippen molar-refractivity contribution in [3.8, 4) is 0 Å². The number of aromatic nitrogens is 1. The Balaban J connectivity index is 2.11. The highest BCUT2D eigenvalue weighted by Gasteiger charge is 2.32. The van der Waals surface area contributed by atoms with E-state index in [-0.39, 0.29) is 11.8 Å². The first-order valence-corrected chi connectivity index (χ1v) is 8.07. The molecule has 1 atom stereocenters. The SMILES string of the molecule is CSc1cnccc1C1=Nc2cc(C(F)(F)F)ccc2[C@H](C)O1. The van der Waals surface area contributed by atoms with Crippen LogP contribution in [0.25, 0.3) is 0 Å². The van der Waals surface area contributed by atoms with Crippen molar-refractivity contribution in [1.29, 1.82) is 0 Å². The van der Waals surface area contributed by atoms with Crippen LogP contribution in [0.2, 0.25) is 0 Å². The molecule has 0 radical (unpaired) electrons. The largest absolute Gasteiger partial charge is 0.469 e. The molecule has 1 aromatic heterocycles. The van der Waals surface area contributed by atoms with E-state index in [9.17, 15) is 13.2 Å². The molecule has 3 rings (SSSR count). The molecule has 0 saturated carbocycles. The Bertz CT molecular complexity index is 774. The van der Waals surface area contributed by atoms with Gasteiger partial charge in [0.2, 0.25) is 5.90 Å². The van der Waals surface area contributed by atoms with E-state index in [0.717, 1.165) is 22.6 Å².